The molecule has 5 nitrogen and oxygen atoms in total. The van der Waals surface area contributed by atoms with Crippen LogP contribution in [0.25, 0.3) is 16.9 Å². The third kappa shape index (κ3) is 2.20. The van der Waals surface area contributed by atoms with Crippen LogP contribution in [-0.4, -0.2) is 29.9 Å². The highest BCUT2D eigenvalue weighted by Gasteiger charge is 2.15. The second-order valence-corrected chi connectivity index (χ2v) is 4.97. The van der Waals surface area contributed by atoms with E-state index in [0.29, 0.717) is 22.9 Å². The molecule has 5 heteroatoms. The summed E-state index contributed by atoms with van der Waals surface area (Å²) in [6.45, 7) is 1.98. The van der Waals surface area contributed by atoms with Crippen LogP contribution in [0.15, 0.2) is 36.5 Å². The van der Waals surface area contributed by atoms with Crippen molar-refractivity contribution in [1.82, 2.24) is 9.38 Å². The molecule has 0 N–H and O–H groups in total. The number of aryl methyl sites for hydroxylation is 1. The highest BCUT2D eigenvalue weighted by molar-refractivity contribution is 5.86. The van der Waals surface area contributed by atoms with Crippen molar-refractivity contribution in [3.8, 4) is 22.8 Å². The van der Waals surface area contributed by atoms with Gasteiger partial charge < -0.3 is 9.47 Å². The number of pyridine rings is 1. The van der Waals surface area contributed by atoms with Gasteiger partial charge in [-0.05, 0) is 36.8 Å². The van der Waals surface area contributed by atoms with Crippen molar-refractivity contribution in [3.63, 3.8) is 0 Å². The van der Waals surface area contributed by atoms with Gasteiger partial charge in [0.05, 0.1) is 14.2 Å². The minimum Gasteiger partial charge on any atom is -0.493 e. The average molecular weight is 296 g/mol. The summed E-state index contributed by atoms with van der Waals surface area (Å²) < 4.78 is 12.4. The number of carbonyl (C=O) groups is 1. The molecule has 0 radical (unpaired) electrons. The predicted molar refractivity (Wildman–Crippen MR) is 83.9 cm³/mol. The quantitative estimate of drug-likeness (QED) is 0.694. The second kappa shape index (κ2) is 5.52. The van der Waals surface area contributed by atoms with E-state index in [-0.39, 0.29) is 0 Å². The monoisotopic (exact) mass is 296 g/mol. The van der Waals surface area contributed by atoms with Gasteiger partial charge in [-0.25, -0.2) is 4.98 Å². The van der Waals surface area contributed by atoms with Crippen molar-refractivity contribution in [2.45, 2.75) is 6.92 Å². The van der Waals surface area contributed by atoms with Gasteiger partial charge in [0, 0.05) is 11.8 Å². The number of ether oxygens (including phenoxy) is 2. The molecule has 2 aromatic heterocycles. The Bertz CT molecular complexity index is 852. The van der Waals surface area contributed by atoms with Crippen molar-refractivity contribution in [2.24, 2.45) is 0 Å². The Hall–Kier alpha value is -2.82. The maximum Gasteiger partial charge on any atom is 0.169 e. The van der Waals surface area contributed by atoms with E-state index in [9.17, 15) is 4.79 Å². The Morgan fingerprint density at radius 2 is 1.86 bits per heavy atom. The Balaban J connectivity index is 2.23. The van der Waals surface area contributed by atoms with E-state index in [0.717, 1.165) is 23.1 Å². The number of hydrogen-bond acceptors (Lipinski definition) is 4. The minimum absolute atomic E-state index is 0.519. The van der Waals surface area contributed by atoms with Crippen molar-refractivity contribution in [2.75, 3.05) is 14.2 Å². The number of benzene rings is 1. The van der Waals surface area contributed by atoms with Gasteiger partial charge in [-0.3, -0.25) is 9.20 Å². The summed E-state index contributed by atoms with van der Waals surface area (Å²) in [6, 6.07) is 9.35. The SMILES string of the molecule is COc1ccc(-c2nc3ccc(C)cn3c2C=O)cc1OC. The lowest BCUT2D eigenvalue weighted by atomic mass is 10.1. The molecule has 0 saturated carbocycles. The number of rotatable bonds is 4. The lowest BCUT2D eigenvalue weighted by Crippen LogP contribution is -1.94. The molecule has 0 aliphatic rings. The van der Waals surface area contributed by atoms with Crippen LogP contribution in [0.3, 0.4) is 0 Å². The van der Waals surface area contributed by atoms with Crippen LogP contribution in [0.2, 0.25) is 0 Å². The topological polar surface area (TPSA) is 52.8 Å². The summed E-state index contributed by atoms with van der Waals surface area (Å²) in [5.74, 6) is 1.24. The van der Waals surface area contributed by atoms with Crippen molar-refractivity contribution < 1.29 is 14.3 Å². The van der Waals surface area contributed by atoms with Crippen LogP contribution in [0.4, 0.5) is 0 Å². The number of fused-ring (bicyclic) bond motifs is 1. The lowest BCUT2D eigenvalue weighted by molar-refractivity contribution is 0.111. The maximum absolute atomic E-state index is 11.5. The number of carbonyl (C=O) groups excluding carboxylic acids is 1. The first kappa shape index (κ1) is 14.1. The molecule has 3 rings (SSSR count). The number of aromatic nitrogens is 2. The number of nitrogens with zero attached hydrogens (tertiary/aromatic N) is 2. The molecule has 2 heterocycles. The highest BCUT2D eigenvalue weighted by Crippen LogP contribution is 2.33. The van der Waals surface area contributed by atoms with E-state index in [1.165, 1.54) is 0 Å². The zero-order valence-electron chi connectivity index (χ0n) is 12.7. The molecule has 0 spiro atoms. The van der Waals surface area contributed by atoms with E-state index < -0.39 is 0 Å². The van der Waals surface area contributed by atoms with Crippen LogP contribution >= 0.6 is 0 Å². The maximum atomic E-state index is 11.5. The third-order valence-electron chi connectivity index (χ3n) is 3.57. The van der Waals surface area contributed by atoms with Crippen LogP contribution in [0.5, 0.6) is 11.5 Å². The molecule has 0 fully saturated rings. The van der Waals surface area contributed by atoms with E-state index >= 15 is 0 Å². The van der Waals surface area contributed by atoms with Gasteiger partial charge in [0.1, 0.15) is 17.0 Å². The van der Waals surface area contributed by atoms with Crippen LogP contribution in [0, 0.1) is 6.92 Å². The number of hydrogen-bond donors (Lipinski definition) is 0. The van der Waals surface area contributed by atoms with Crippen molar-refractivity contribution in [3.05, 3.63) is 47.8 Å². The molecule has 3 aromatic rings. The molecule has 0 bridgehead atoms. The summed E-state index contributed by atoms with van der Waals surface area (Å²) in [5.41, 5.74) is 3.75. The molecule has 1 aromatic carbocycles. The van der Waals surface area contributed by atoms with Crippen LogP contribution in [-0.2, 0) is 0 Å². The van der Waals surface area contributed by atoms with Gasteiger partial charge in [-0.15, -0.1) is 0 Å². The number of imidazole rings is 1. The summed E-state index contributed by atoms with van der Waals surface area (Å²) >= 11 is 0. The van der Waals surface area contributed by atoms with Crippen LogP contribution < -0.4 is 9.47 Å². The Kier molecular flexibility index (Phi) is 3.55. The summed E-state index contributed by atoms with van der Waals surface area (Å²) in [7, 11) is 3.16. The van der Waals surface area contributed by atoms with Gasteiger partial charge >= 0.3 is 0 Å². The molecule has 0 unspecified atom stereocenters. The molecule has 0 aliphatic heterocycles. The highest BCUT2D eigenvalue weighted by atomic mass is 16.5. The molecule has 112 valence electrons. The van der Waals surface area contributed by atoms with E-state index in [1.54, 1.807) is 24.7 Å². The fraction of sp³-hybridized carbons (Fsp3) is 0.176. The second-order valence-electron chi connectivity index (χ2n) is 4.97. The van der Waals surface area contributed by atoms with E-state index in [1.807, 2.05) is 37.4 Å². The van der Waals surface area contributed by atoms with Gasteiger partial charge in [-0.2, -0.15) is 0 Å². The lowest BCUT2D eigenvalue weighted by Gasteiger charge is -2.08. The molecule has 0 amide bonds. The zero-order valence-corrected chi connectivity index (χ0v) is 12.7. The summed E-state index contributed by atoms with van der Waals surface area (Å²) in [4.78, 5) is 16.1. The molecular weight excluding hydrogens is 280 g/mol. The molecule has 0 atom stereocenters. The molecule has 0 aliphatic carbocycles. The predicted octanol–water partition coefficient (Wildman–Crippen LogP) is 3.14. The van der Waals surface area contributed by atoms with Crippen molar-refractivity contribution in [1.29, 1.82) is 0 Å². The Labute approximate surface area is 128 Å². The first-order chi connectivity index (χ1) is 10.7. The zero-order chi connectivity index (χ0) is 15.7. The average Bonchev–Trinajstić information content (AvgIpc) is 2.91. The standard InChI is InChI=1S/C17H16N2O3/c1-11-4-7-16-18-17(13(10-20)19(16)9-11)12-5-6-14(21-2)15(8-12)22-3/h4-10H,1-3H3. The third-order valence-corrected chi connectivity index (χ3v) is 3.57. The van der Waals surface area contributed by atoms with Gasteiger partial charge in [0.15, 0.2) is 17.8 Å². The minimum atomic E-state index is 0.519. The molecule has 0 saturated heterocycles. The Morgan fingerprint density at radius 1 is 1.09 bits per heavy atom. The normalized spacial score (nSPS) is 10.7. The summed E-state index contributed by atoms with van der Waals surface area (Å²) in [6.07, 6.45) is 2.72. The van der Waals surface area contributed by atoms with Gasteiger partial charge in [0.2, 0.25) is 0 Å². The van der Waals surface area contributed by atoms with Gasteiger partial charge in [0.25, 0.3) is 0 Å². The van der Waals surface area contributed by atoms with Gasteiger partial charge in [-0.1, -0.05) is 6.07 Å². The largest absolute Gasteiger partial charge is 0.493 e. The fourth-order valence-electron chi connectivity index (χ4n) is 2.48. The van der Waals surface area contributed by atoms with Crippen molar-refractivity contribution >= 4 is 11.9 Å². The first-order valence-corrected chi connectivity index (χ1v) is 6.84. The van der Waals surface area contributed by atoms with Crippen LogP contribution in [0.1, 0.15) is 16.1 Å². The van der Waals surface area contributed by atoms with E-state index in [4.69, 9.17) is 9.47 Å². The molecule has 22 heavy (non-hydrogen) atoms. The van der Waals surface area contributed by atoms with E-state index in [2.05, 4.69) is 4.98 Å². The summed E-state index contributed by atoms with van der Waals surface area (Å²) in [5, 5.41) is 0. The first-order valence-electron chi connectivity index (χ1n) is 6.84. The Morgan fingerprint density at radius 3 is 2.55 bits per heavy atom. The number of methoxy groups -OCH3 is 2. The smallest absolute Gasteiger partial charge is 0.169 e. The molecular formula is C17H16N2O3. The number of aldehydes is 1. The fourth-order valence-corrected chi connectivity index (χ4v) is 2.48.